The number of carbonyl (C=O) groups is 2. The van der Waals surface area contributed by atoms with Gasteiger partial charge in [0, 0.05) is 12.6 Å². The second-order valence-corrected chi connectivity index (χ2v) is 5.40. The van der Waals surface area contributed by atoms with Crippen LogP contribution in [0.15, 0.2) is 42.5 Å². The fourth-order valence-corrected chi connectivity index (χ4v) is 2.74. The summed E-state index contributed by atoms with van der Waals surface area (Å²) in [6.45, 7) is 0.000686. The van der Waals surface area contributed by atoms with Crippen LogP contribution in [0.5, 0.6) is 11.5 Å². The van der Waals surface area contributed by atoms with Gasteiger partial charge < -0.3 is 14.4 Å². The number of likely N-dealkylation sites (N-methyl/N-ethyl adjacent to an activating group) is 1. The molecule has 2 amide bonds. The third-order valence-electron chi connectivity index (χ3n) is 4.08. The summed E-state index contributed by atoms with van der Waals surface area (Å²) in [5.74, 6) is 0.619. The van der Waals surface area contributed by atoms with Crippen LogP contribution < -0.4 is 19.3 Å². The number of ether oxygens (including phenoxy) is 2. The second kappa shape index (κ2) is 6.23. The number of para-hydroxylation sites is 2. The molecule has 0 aliphatic carbocycles. The number of hydrogen-bond donors (Lipinski definition) is 0. The van der Waals surface area contributed by atoms with Gasteiger partial charge in [0.1, 0.15) is 6.54 Å². The molecule has 2 aromatic carbocycles. The Kier molecular flexibility index (Phi) is 4.12. The predicted octanol–water partition coefficient (Wildman–Crippen LogP) is 2.33. The lowest BCUT2D eigenvalue weighted by Crippen LogP contribution is -2.46. The molecule has 0 spiro atoms. The van der Waals surface area contributed by atoms with Crippen LogP contribution in [0.25, 0.3) is 0 Å². The molecule has 0 atom stereocenters. The van der Waals surface area contributed by atoms with Crippen LogP contribution in [0.1, 0.15) is 10.4 Å². The highest BCUT2D eigenvalue weighted by atomic mass is 16.5. The first kappa shape index (κ1) is 15.9. The molecular weight excluding hydrogens is 308 g/mol. The molecule has 0 N–H and O–H groups in total. The van der Waals surface area contributed by atoms with Gasteiger partial charge in [0.05, 0.1) is 25.6 Å². The highest BCUT2D eigenvalue weighted by Crippen LogP contribution is 2.34. The Morgan fingerprint density at radius 2 is 1.67 bits per heavy atom. The van der Waals surface area contributed by atoms with Crippen molar-refractivity contribution in [3.05, 3.63) is 48.0 Å². The molecule has 1 aliphatic rings. The molecule has 3 rings (SSSR count). The maximum atomic E-state index is 12.9. The summed E-state index contributed by atoms with van der Waals surface area (Å²) in [6.07, 6.45) is 0. The summed E-state index contributed by atoms with van der Waals surface area (Å²) in [7, 11) is 4.76. The van der Waals surface area contributed by atoms with Crippen molar-refractivity contribution in [3.63, 3.8) is 0 Å². The molecule has 0 saturated carbocycles. The third-order valence-corrected chi connectivity index (χ3v) is 4.08. The summed E-state index contributed by atoms with van der Waals surface area (Å²) in [6, 6.07) is 12.3. The molecule has 1 heterocycles. The lowest BCUT2D eigenvalue weighted by atomic mass is 10.1. The van der Waals surface area contributed by atoms with Crippen molar-refractivity contribution in [2.24, 2.45) is 0 Å². The predicted molar refractivity (Wildman–Crippen MR) is 91.1 cm³/mol. The van der Waals surface area contributed by atoms with E-state index in [1.165, 1.54) is 19.1 Å². The lowest BCUT2D eigenvalue weighted by Gasteiger charge is -2.34. The van der Waals surface area contributed by atoms with E-state index in [1.807, 2.05) is 24.3 Å². The quantitative estimate of drug-likeness (QED) is 0.868. The molecule has 2 aromatic rings. The Labute approximate surface area is 140 Å². The number of fused-ring (bicyclic) bond motifs is 1. The van der Waals surface area contributed by atoms with Gasteiger partial charge in [-0.2, -0.15) is 0 Å². The van der Waals surface area contributed by atoms with Crippen LogP contribution >= 0.6 is 0 Å². The third kappa shape index (κ3) is 2.56. The van der Waals surface area contributed by atoms with Gasteiger partial charge in [-0.15, -0.1) is 0 Å². The van der Waals surface area contributed by atoms with Gasteiger partial charge in [-0.25, -0.2) is 0 Å². The van der Waals surface area contributed by atoms with Gasteiger partial charge in [0.15, 0.2) is 11.5 Å². The molecule has 124 valence electrons. The number of hydrogen-bond acceptors (Lipinski definition) is 4. The van der Waals surface area contributed by atoms with Crippen LogP contribution in [0, 0.1) is 0 Å². The topological polar surface area (TPSA) is 59.1 Å². The van der Waals surface area contributed by atoms with E-state index in [1.54, 1.807) is 30.1 Å². The Bertz CT molecular complexity index is 803. The minimum absolute atomic E-state index is 0.000686. The SMILES string of the molecule is COc1ccc(C(=O)N2CC(=O)N(C)c3ccccc32)cc1OC. The smallest absolute Gasteiger partial charge is 0.258 e. The first-order chi connectivity index (χ1) is 11.6. The molecular formula is C18H18N2O4. The van der Waals surface area contributed by atoms with E-state index in [9.17, 15) is 9.59 Å². The molecule has 1 aliphatic heterocycles. The normalized spacial score (nSPS) is 13.5. The van der Waals surface area contributed by atoms with Gasteiger partial charge in [0.25, 0.3) is 5.91 Å². The molecule has 6 nitrogen and oxygen atoms in total. The van der Waals surface area contributed by atoms with Crippen molar-refractivity contribution in [1.82, 2.24) is 0 Å². The van der Waals surface area contributed by atoms with Crippen LogP contribution in [-0.2, 0) is 4.79 Å². The van der Waals surface area contributed by atoms with Crippen LogP contribution in [0.2, 0.25) is 0 Å². The maximum Gasteiger partial charge on any atom is 0.258 e. The van der Waals surface area contributed by atoms with E-state index in [-0.39, 0.29) is 18.4 Å². The zero-order chi connectivity index (χ0) is 17.3. The number of carbonyl (C=O) groups excluding carboxylic acids is 2. The Hall–Kier alpha value is -3.02. The number of methoxy groups -OCH3 is 2. The Balaban J connectivity index is 2.01. The fourth-order valence-electron chi connectivity index (χ4n) is 2.74. The summed E-state index contributed by atoms with van der Waals surface area (Å²) in [4.78, 5) is 28.2. The highest BCUT2D eigenvalue weighted by molar-refractivity contribution is 6.15. The summed E-state index contributed by atoms with van der Waals surface area (Å²) >= 11 is 0. The average molecular weight is 326 g/mol. The molecule has 0 saturated heterocycles. The zero-order valence-corrected chi connectivity index (χ0v) is 13.8. The highest BCUT2D eigenvalue weighted by Gasteiger charge is 2.31. The van der Waals surface area contributed by atoms with Crippen molar-refractivity contribution >= 4 is 23.2 Å². The number of anilines is 2. The van der Waals surface area contributed by atoms with Crippen molar-refractivity contribution in [2.45, 2.75) is 0 Å². The summed E-state index contributed by atoms with van der Waals surface area (Å²) < 4.78 is 10.4. The monoisotopic (exact) mass is 326 g/mol. The largest absolute Gasteiger partial charge is 0.493 e. The molecule has 0 unspecified atom stereocenters. The summed E-state index contributed by atoms with van der Waals surface area (Å²) in [5.41, 5.74) is 1.85. The zero-order valence-electron chi connectivity index (χ0n) is 13.8. The Morgan fingerprint density at radius 1 is 1.00 bits per heavy atom. The average Bonchev–Trinajstić information content (AvgIpc) is 2.63. The van der Waals surface area contributed by atoms with E-state index in [4.69, 9.17) is 9.47 Å². The van der Waals surface area contributed by atoms with Gasteiger partial charge in [-0.3, -0.25) is 14.5 Å². The second-order valence-electron chi connectivity index (χ2n) is 5.40. The van der Waals surface area contributed by atoms with E-state index < -0.39 is 0 Å². The molecule has 0 fully saturated rings. The van der Waals surface area contributed by atoms with Crippen LogP contribution in [0.4, 0.5) is 11.4 Å². The van der Waals surface area contributed by atoms with Crippen molar-refractivity contribution in [1.29, 1.82) is 0 Å². The summed E-state index contributed by atoms with van der Waals surface area (Å²) in [5, 5.41) is 0. The molecule has 6 heteroatoms. The van der Waals surface area contributed by atoms with E-state index in [0.717, 1.165) is 0 Å². The minimum Gasteiger partial charge on any atom is -0.493 e. The number of amides is 2. The van der Waals surface area contributed by atoms with Crippen LogP contribution in [0.3, 0.4) is 0 Å². The Morgan fingerprint density at radius 3 is 2.33 bits per heavy atom. The first-order valence-electron chi connectivity index (χ1n) is 7.46. The van der Waals surface area contributed by atoms with Gasteiger partial charge in [-0.05, 0) is 30.3 Å². The van der Waals surface area contributed by atoms with Gasteiger partial charge >= 0.3 is 0 Å². The van der Waals surface area contributed by atoms with Crippen molar-refractivity contribution in [2.75, 3.05) is 37.6 Å². The fraction of sp³-hybridized carbons (Fsp3) is 0.222. The minimum atomic E-state index is -0.259. The van der Waals surface area contributed by atoms with E-state index >= 15 is 0 Å². The molecule has 0 bridgehead atoms. The first-order valence-corrected chi connectivity index (χ1v) is 7.46. The van der Waals surface area contributed by atoms with Crippen LogP contribution in [-0.4, -0.2) is 39.6 Å². The standard InChI is InChI=1S/C18H18N2O4/c1-19-13-6-4-5-7-14(13)20(11-17(19)21)18(22)12-8-9-15(23-2)16(10-12)24-3/h4-10H,11H2,1-3H3. The number of nitrogens with zero attached hydrogens (tertiary/aromatic N) is 2. The van der Waals surface area contributed by atoms with E-state index in [2.05, 4.69) is 0 Å². The van der Waals surface area contributed by atoms with Crippen molar-refractivity contribution < 1.29 is 19.1 Å². The molecule has 24 heavy (non-hydrogen) atoms. The van der Waals surface area contributed by atoms with Gasteiger partial charge in [-0.1, -0.05) is 12.1 Å². The maximum absolute atomic E-state index is 12.9. The number of rotatable bonds is 3. The van der Waals surface area contributed by atoms with Gasteiger partial charge in [0.2, 0.25) is 5.91 Å². The lowest BCUT2D eigenvalue weighted by molar-refractivity contribution is -0.117. The number of benzene rings is 2. The van der Waals surface area contributed by atoms with E-state index in [0.29, 0.717) is 28.4 Å². The molecule has 0 aromatic heterocycles. The molecule has 0 radical (unpaired) electrons. The van der Waals surface area contributed by atoms with Crippen molar-refractivity contribution in [3.8, 4) is 11.5 Å².